The van der Waals surface area contributed by atoms with E-state index in [-0.39, 0.29) is 17.4 Å². The van der Waals surface area contributed by atoms with Crippen LogP contribution < -0.4 is 4.74 Å². The number of likely N-dealkylation sites (tertiary alicyclic amines) is 1. The molecule has 1 fully saturated rings. The van der Waals surface area contributed by atoms with Crippen LogP contribution in [0.15, 0.2) is 54.6 Å². The van der Waals surface area contributed by atoms with Crippen LogP contribution in [0.5, 0.6) is 5.75 Å². The Bertz CT molecular complexity index is 829. The number of amides is 1. The molecule has 1 amide bonds. The standard InChI is InChI=1S/C23H26FNO3/c1-3-20(28-21-12-8-7-11-19(21)24)22(27)25-15-13-23(14-16-25,17(2)26)18-9-5-4-6-10-18/h4-12,20H,3,13-16H2,1-2H3/t20-/m0/s1. The lowest BCUT2D eigenvalue weighted by atomic mass is 9.70. The van der Waals surface area contributed by atoms with Crippen LogP contribution in [0.2, 0.25) is 0 Å². The van der Waals surface area contributed by atoms with Crippen LogP contribution in [0.25, 0.3) is 0 Å². The molecular weight excluding hydrogens is 357 g/mol. The fraction of sp³-hybridized carbons (Fsp3) is 0.391. The van der Waals surface area contributed by atoms with Crippen molar-refractivity contribution in [1.82, 2.24) is 4.90 Å². The molecule has 1 atom stereocenters. The lowest BCUT2D eigenvalue weighted by molar-refractivity contribution is -0.142. The van der Waals surface area contributed by atoms with Crippen molar-refractivity contribution in [2.24, 2.45) is 0 Å². The predicted molar refractivity (Wildman–Crippen MR) is 106 cm³/mol. The summed E-state index contributed by atoms with van der Waals surface area (Å²) in [4.78, 5) is 27.2. The van der Waals surface area contributed by atoms with E-state index < -0.39 is 17.3 Å². The van der Waals surface area contributed by atoms with E-state index in [1.165, 1.54) is 12.1 Å². The largest absolute Gasteiger partial charge is 0.478 e. The molecule has 1 aliphatic heterocycles. The van der Waals surface area contributed by atoms with Crippen molar-refractivity contribution in [1.29, 1.82) is 0 Å². The van der Waals surface area contributed by atoms with E-state index in [4.69, 9.17) is 4.74 Å². The summed E-state index contributed by atoms with van der Waals surface area (Å²) in [5.41, 5.74) is 0.454. The van der Waals surface area contributed by atoms with Crippen molar-refractivity contribution in [2.75, 3.05) is 13.1 Å². The maximum absolute atomic E-state index is 13.9. The molecule has 148 valence electrons. The number of carbonyl (C=O) groups excluding carboxylic acids is 2. The zero-order chi connectivity index (χ0) is 20.1. The summed E-state index contributed by atoms with van der Waals surface area (Å²) in [7, 11) is 0. The summed E-state index contributed by atoms with van der Waals surface area (Å²) < 4.78 is 19.5. The fourth-order valence-electron chi connectivity index (χ4n) is 3.92. The van der Waals surface area contributed by atoms with Gasteiger partial charge in [0, 0.05) is 13.1 Å². The molecule has 4 nitrogen and oxygen atoms in total. The number of halogens is 1. The number of hydrogen-bond acceptors (Lipinski definition) is 3. The van der Waals surface area contributed by atoms with Gasteiger partial charge in [-0.2, -0.15) is 0 Å². The lowest BCUT2D eigenvalue weighted by Crippen LogP contribution is -2.51. The van der Waals surface area contributed by atoms with Crippen molar-refractivity contribution in [2.45, 2.75) is 44.6 Å². The molecule has 2 aromatic carbocycles. The normalized spacial score (nSPS) is 17.0. The topological polar surface area (TPSA) is 46.6 Å². The quantitative estimate of drug-likeness (QED) is 0.753. The molecule has 5 heteroatoms. The second-order valence-corrected chi connectivity index (χ2v) is 7.27. The fourth-order valence-corrected chi connectivity index (χ4v) is 3.92. The van der Waals surface area contributed by atoms with Gasteiger partial charge in [0.1, 0.15) is 5.78 Å². The third-order valence-electron chi connectivity index (χ3n) is 5.68. The maximum atomic E-state index is 13.9. The molecule has 1 aliphatic rings. The molecule has 0 radical (unpaired) electrons. The van der Waals surface area contributed by atoms with Crippen molar-refractivity contribution in [3.8, 4) is 5.75 Å². The molecule has 0 bridgehead atoms. The molecule has 0 aromatic heterocycles. The van der Waals surface area contributed by atoms with E-state index in [0.29, 0.717) is 32.4 Å². The summed E-state index contributed by atoms with van der Waals surface area (Å²) in [6.45, 7) is 4.42. The Kier molecular flexibility index (Phi) is 6.12. The number of carbonyl (C=O) groups is 2. The molecule has 0 saturated carbocycles. The third kappa shape index (κ3) is 3.93. The number of ether oxygens (including phenoxy) is 1. The number of hydrogen-bond donors (Lipinski definition) is 0. The van der Waals surface area contributed by atoms with Gasteiger partial charge in [0.05, 0.1) is 5.41 Å². The van der Waals surface area contributed by atoms with Gasteiger partial charge in [-0.3, -0.25) is 9.59 Å². The first-order valence-electron chi connectivity index (χ1n) is 9.74. The first-order valence-corrected chi connectivity index (χ1v) is 9.74. The average molecular weight is 383 g/mol. The molecule has 2 aromatic rings. The highest BCUT2D eigenvalue weighted by molar-refractivity contribution is 5.89. The van der Waals surface area contributed by atoms with Gasteiger partial charge < -0.3 is 9.64 Å². The van der Waals surface area contributed by atoms with Crippen LogP contribution in [-0.4, -0.2) is 35.8 Å². The Balaban J connectivity index is 1.71. The number of piperidine rings is 1. The van der Waals surface area contributed by atoms with Crippen molar-refractivity contribution >= 4 is 11.7 Å². The second-order valence-electron chi connectivity index (χ2n) is 7.27. The molecule has 1 saturated heterocycles. The number of para-hydroxylation sites is 1. The molecule has 3 rings (SSSR count). The number of Topliss-reactive ketones (excluding diaryl/α,β-unsaturated/α-hetero) is 1. The molecule has 0 N–H and O–H groups in total. The van der Waals surface area contributed by atoms with Gasteiger partial charge in [0.25, 0.3) is 5.91 Å². The summed E-state index contributed by atoms with van der Waals surface area (Å²) in [5.74, 6) is -0.425. The Hall–Kier alpha value is -2.69. The van der Waals surface area contributed by atoms with Crippen LogP contribution in [0.3, 0.4) is 0 Å². The van der Waals surface area contributed by atoms with Gasteiger partial charge in [-0.15, -0.1) is 0 Å². The highest BCUT2D eigenvalue weighted by atomic mass is 19.1. The van der Waals surface area contributed by atoms with Crippen molar-refractivity contribution in [3.63, 3.8) is 0 Å². The minimum Gasteiger partial charge on any atom is -0.478 e. The van der Waals surface area contributed by atoms with Crippen LogP contribution in [0.1, 0.15) is 38.7 Å². The van der Waals surface area contributed by atoms with E-state index in [0.717, 1.165) is 5.56 Å². The summed E-state index contributed by atoms with van der Waals surface area (Å²) in [5, 5.41) is 0. The van der Waals surface area contributed by atoms with Gasteiger partial charge in [-0.1, -0.05) is 49.4 Å². The van der Waals surface area contributed by atoms with E-state index >= 15 is 0 Å². The first kappa shape index (κ1) is 20.1. The minimum absolute atomic E-state index is 0.0853. The van der Waals surface area contributed by atoms with Gasteiger partial charge in [-0.05, 0) is 43.9 Å². The SMILES string of the molecule is CC[C@H](Oc1ccccc1F)C(=O)N1CCC(C(C)=O)(c2ccccc2)CC1. The summed E-state index contributed by atoms with van der Waals surface area (Å²) in [6, 6.07) is 15.9. The van der Waals surface area contributed by atoms with E-state index in [2.05, 4.69) is 0 Å². The molecule has 0 aliphatic carbocycles. The van der Waals surface area contributed by atoms with Crippen molar-refractivity contribution in [3.05, 3.63) is 66.0 Å². The number of rotatable bonds is 6. The zero-order valence-electron chi connectivity index (χ0n) is 16.4. The molecular formula is C23H26FNO3. The number of nitrogens with zero attached hydrogens (tertiary/aromatic N) is 1. The Morgan fingerprint density at radius 2 is 1.68 bits per heavy atom. The van der Waals surface area contributed by atoms with Gasteiger partial charge in [-0.25, -0.2) is 4.39 Å². The lowest BCUT2D eigenvalue weighted by Gasteiger charge is -2.41. The number of ketones is 1. The first-order chi connectivity index (χ1) is 13.5. The Morgan fingerprint density at radius 1 is 1.07 bits per heavy atom. The van der Waals surface area contributed by atoms with Gasteiger partial charge >= 0.3 is 0 Å². The maximum Gasteiger partial charge on any atom is 0.263 e. The predicted octanol–water partition coefficient (Wildman–Crippen LogP) is 4.13. The summed E-state index contributed by atoms with van der Waals surface area (Å²) in [6.07, 6.45) is 0.862. The van der Waals surface area contributed by atoms with E-state index in [1.54, 1.807) is 24.0 Å². The third-order valence-corrected chi connectivity index (χ3v) is 5.68. The minimum atomic E-state index is -0.738. The Morgan fingerprint density at radius 3 is 2.25 bits per heavy atom. The highest BCUT2D eigenvalue weighted by Gasteiger charge is 2.42. The number of benzene rings is 2. The monoisotopic (exact) mass is 383 g/mol. The summed E-state index contributed by atoms with van der Waals surface area (Å²) >= 11 is 0. The van der Waals surface area contributed by atoms with Crippen LogP contribution in [0.4, 0.5) is 4.39 Å². The van der Waals surface area contributed by atoms with Gasteiger partial charge in [0.15, 0.2) is 17.7 Å². The highest BCUT2D eigenvalue weighted by Crippen LogP contribution is 2.36. The Labute approximate surface area is 165 Å². The van der Waals surface area contributed by atoms with Crippen LogP contribution in [0, 0.1) is 5.82 Å². The second kappa shape index (κ2) is 8.55. The molecule has 28 heavy (non-hydrogen) atoms. The molecule has 0 spiro atoms. The average Bonchev–Trinajstić information content (AvgIpc) is 2.73. The molecule has 0 unspecified atom stereocenters. The zero-order valence-corrected chi connectivity index (χ0v) is 16.4. The smallest absolute Gasteiger partial charge is 0.263 e. The van der Waals surface area contributed by atoms with Gasteiger partial charge in [0.2, 0.25) is 0 Å². The van der Waals surface area contributed by atoms with E-state index in [1.807, 2.05) is 37.3 Å². The van der Waals surface area contributed by atoms with Crippen molar-refractivity contribution < 1.29 is 18.7 Å². The van der Waals surface area contributed by atoms with Crippen LogP contribution >= 0.6 is 0 Å². The van der Waals surface area contributed by atoms with E-state index in [9.17, 15) is 14.0 Å². The molecule has 1 heterocycles. The van der Waals surface area contributed by atoms with Crippen LogP contribution in [-0.2, 0) is 15.0 Å².